The van der Waals surface area contributed by atoms with Crippen molar-refractivity contribution in [1.82, 2.24) is 0 Å². The number of quaternary nitrogens is 1. The molecule has 2 atom stereocenters. The third-order valence-corrected chi connectivity index (χ3v) is 5.49. The number of fused-ring (bicyclic) bond motifs is 1. The summed E-state index contributed by atoms with van der Waals surface area (Å²) in [7, 11) is 0. The van der Waals surface area contributed by atoms with E-state index in [-0.39, 0.29) is 6.10 Å². The molecule has 0 amide bonds. The molecule has 3 aromatic rings. The maximum Gasteiger partial charge on any atom is 0.126 e. The van der Waals surface area contributed by atoms with Gasteiger partial charge in [0.1, 0.15) is 25.3 Å². The van der Waals surface area contributed by atoms with Gasteiger partial charge in [-0.2, -0.15) is 0 Å². The van der Waals surface area contributed by atoms with Gasteiger partial charge >= 0.3 is 0 Å². The van der Waals surface area contributed by atoms with E-state index in [4.69, 9.17) is 4.74 Å². The molecular weight excluding hydrogens is 346 g/mol. The first kappa shape index (κ1) is 18.9. The molecule has 1 aliphatic heterocycles. The van der Waals surface area contributed by atoms with Crippen LogP contribution in [0.3, 0.4) is 0 Å². The van der Waals surface area contributed by atoms with Crippen molar-refractivity contribution in [3.05, 3.63) is 107 Å². The van der Waals surface area contributed by atoms with Crippen LogP contribution in [0.15, 0.2) is 84.9 Å². The average Bonchev–Trinajstić information content (AvgIpc) is 2.75. The zero-order valence-corrected chi connectivity index (χ0v) is 16.1. The Balaban J connectivity index is 1.38. The molecule has 4 rings (SSSR count). The summed E-state index contributed by atoms with van der Waals surface area (Å²) in [5.41, 5.74) is 5.08. The van der Waals surface area contributed by atoms with Crippen molar-refractivity contribution in [3.8, 4) is 0 Å². The van der Waals surface area contributed by atoms with Crippen LogP contribution in [0.1, 0.15) is 28.4 Å². The number of rotatable bonds is 7. The topological polar surface area (TPSA) is 33.9 Å². The molecule has 3 aromatic carbocycles. The summed E-state index contributed by atoms with van der Waals surface area (Å²) < 4.78 is 6.22. The number of aliphatic hydroxyl groups excluding tert-OH is 1. The quantitative estimate of drug-likeness (QED) is 0.667. The zero-order chi connectivity index (χ0) is 19.2. The summed E-state index contributed by atoms with van der Waals surface area (Å²) in [4.78, 5) is 1.42. The Bertz CT molecular complexity index is 826. The highest BCUT2D eigenvalue weighted by atomic mass is 16.5. The van der Waals surface area contributed by atoms with Crippen LogP contribution < -0.4 is 4.90 Å². The van der Waals surface area contributed by atoms with Crippen molar-refractivity contribution < 1.29 is 14.7 Å². The molecule has 2 N–H and O–H groups in total. The fourth-order valence-electron chi connectivity index (χ4n) is 4.06. The van der Waals surface area contributed by atoms with E-state index in [0.29, 0.717) is 13.2 Å². The Morgan fingerprint density at radius 1 is 0.786 bits per heavy atom. The van der Waals surface area contributed by atoms with Crippen LogP contribution in [0.5, 0.6) is 0 Å². The Morgan fingerprint density at radius 2 is 1.36 bits per heavy atom. The van der Waals surface area contributed by atoms with E-state index in [1.54, 1.807) is 0 Å². The van der Waals surface area contributed by atoms with Crippen LogP contribution in [0.25, 0.3) is 0 Å². The molecule has 0 aliphatic carbocycles. The molecule has 0 bridgehead atoms. The molecule has 1 unspecified atom stereocenters. The standard InChI is InChI=1S/C25H27NO2/c27-24(18-26-16-15-20-9-7-8-14-23(20)17-26)19-28-25(21-10-3-1-4-11-21)22-12-5-2-6-13-22/h1-14,24-25,27H,15-19H2/p+1/t24-/m0/s1. The first-order valence-electron chi connectivity index (χ1n) is 10.1. The number of ether oxygens (including phenoxy) is 1. The SMILES string of the molecule is O[C@H](COC(c1ccccc1)c1ccccc1)C[NH+]1CCc2ccccc2C1. The summed E-state index contributed by atoms with van der Waals surface area (Å²) in [5, 5.41) is 10.6. The van der Waals surface area contributed by atoms with Gasteiger partial charge < -0.3 is 14.7 Å². The summed E-state index contributed by atoms with van der Waals surface area (Å²) in [5.74, 6) is 0. The highest BCUT2D eigenvalue weighted by Gasteiger charge is 2.23. The first-order valence-corrected chi connectivity index (χ1v) is 10.1. The van der Waals surface area contributed by atoms with Gasteiger partial charge in [0.15, 0.2) is 0 Å². The molecule has 3 heteroatoms. The van der Waals surface area contributed by atoms with Crippen LogP contribution in [-0.4, -0.2) is 30.9 Å². The summed E-state index contributed by atoms with van der Waals surface area (Å²) in [6, 6.07) is 29.1. The Kier molecular flexibility index (Phi) is 6.17. The Morgan fingerprint density at radius 3 is 2.00 bits per heavy atom. The van der Waals surface area contributed by atoms with Crippen LogP contribution in [0.4, 0.5) is 0 Å². The maximum atomic E-state index is 10.6. The number of nitrogens with one attached hydrogen (secondary N) is 1. The largest absolute Gasteiger partial charge is 0.385 e. The van der Waals surface area contributed by atoms with Gasteiger partial charge in [0, 0.05) is 12.0 Å². The van der Waals surface area contributed by atoms with E-state index in [1.165, 1.54) is 16.0 Å². The molecule has 0 radical (unpaired) electrons. The van der Waals surface area contributed by atoms with Crippen molar-refractivity contribution in [1.29, 1.82) is 0 Å². The zero-order valence-electron chi connectivity index (χ0n) is 16.1. The molecule has 28 heavy (non-hydrogen) atoms. The smallest absolute Gasteiger partial charge is 0.126 e. The van der Waals surface area contributed by atoms with Crippen LogP contribution in [-0.2, 0) is 17.7 Å². The second-order valence-electron chi connectivity index (χ2n) is 7.59. The lowest BCUT2D eigenvalue weighted by atomic mass is 10.00. The fraction of sp³-hybridized carbons (Fsp3) is 0.280. The van der Waals surface area contributed by atoms with E-state index >= 15 is 0 Å². The van der Waals surface area contributed by atoms with E-state index in [1.807, 2.05) is 36.4 Å². The number of benzene rings is 3. The number of hydrogen-bond acceptors (Lipinski definition) is 2. The van der Waals surface area contributed by atoms with Gasteiger partial charge in [0.05, 0.1) is 13.2 Å². The fourth-order valence-corrected chi connectivity index (χ4v) is 4.06. The van der Waals surface area contributed by atoms with Crippen LogP contribution >= 0.6 is 0 Å². The van der Waals surface area contributed by atoms with Gasteiger partial charge in [-0.05, 0) is 16.7 Å². The molecule has 1 aliphatic rings. The van der Waals surface area contributed by atoms with Crippen LogP contribution in [0.2, 0.25) is 0 Å². The highest BCUT2D eigenvalue weighted by molar-refractivity contribution is 5.30. The third-order valence-electron chi connectivity index (χ3n) is 5.49. The first-order chi connectivity index (χ1) is 13.8. The average molecular weight is 375 g/mol. The lowest BCUT2D eigenvalue weighted by Gasteiger charge is -2.28. The predicted octanol–water partition coefficient (Wildman–Crippen LogP) is 2.79. The lowest BCUT2D eigenvalue weighted by Crippen LogP contribution is -3.12. The van der Waals surface area contributed by atoms with E-state index in [9.17, 15) is 5.11 Å². The van der Waals surface area contributed by atoms with Crippen molar-refractivity contribution in [3.63, 3.8) is 0 Å². The summed E-state index contributed by atoms with van der Waals surface area (Å²) in [6.07, 6.45) is 0.444. The highest BCUT2D eigenvalue weighted by Crippen LogP contribution is 2.25. The Hall–Kier alpha value is -2.46. The van der Waals surface area contributed by atoms with Gasteiger partial charge in [-0.3, -0.25) is 0 Å². The molecule has 0 fully saturated rings. The predicted molar refractivity (Wildman–Crippen MR) is 111 cm³/mol. The molecular formula is C25H28NO2+. The normalized spacial score (nSPS) is 17.3. The van der Waals surface area contributed by atoms with Crippen molar-refractivity contribution >= 4 is 0 Å². The van der Waals surface area contributed by atoms with Gasteiger partial charge in [0.25, 0.3) is 0 Å². The summed E-state index contributed by atoms with van der Waals surface area (Å²) >= 11 is 0. The molecule has 0 saturated heterocycles. The van der Waals surface area contributed by atoms with Gasteiger partial charge in [-0.25, -0.2) is 0 Å². The number of aliphatic hydroxyl groups is 1. The van der Waals surface area contributed by atoms with Gasteiger partial charge in [-0.1, -0.05) is 84.9 Å². The van der Waals surface area contributed by atoms with Gasteiger partial charge in [-0.15, -0.1) is 0 Å². The van der Waals surface area contributed by atoms with Crippen LogP contribution in [0, 0.1) is 0 Å². The van der Waals surface area contributed by atoms with E-state index in [0.717, 1.165) is 30.6 Å². The monoisotopic (exact) mass is 374 g/mol. The van der Waals surface area contributed by atoms with Crippen molar-refractivity contribution in [2.45, 2.75) is 25.2 Å². The van der Waals surface area contributed by atoms with Gasteiger partial charge in [0.2, 0.25) is 0 Å². The third kappa shape index (κ3) is 4.68. The van der Waals surface area contributed by atoms with Crippen molar-refractivity contribution in [2.75, 3.05) is 19.7 Å². The second-order valence-corrected chi connectivity index (χ2v) is 7.59. The maximum absolute atomic E-state index is 10.6. The summed E-state index contributed by atoms with van der Waals surface area (Å²) in [6.45, 7) is 3.09. The molecule has 0 saturated carbocycles. The lowest BCUT2D eigenvalue weighted by molar-refractivity contribution is -0.919. The minimum absolute atomic E-state index is 0.158. The molecule has 1 heterocycles. The van der Waals surface area contributed by atoms with E-state index in [2.05, 4.69) is 48.5 Å². The molecule has 3 nitrogen and oxygen atoms in total. The molecule has 0 spiro atoms. The Labute approximate surface area is 167 Å². The molecule has 144 valence electrons. The molecule has 0 aromatic heterocycles. The minimum Gasteiger partial charge on any atom is -0.385 e. The van der Waals surface area contributed by atoms with E-state index < -0.39 is 6.10 Å². The second kappa shape index (κ2) is 9.16. The minimum atomic E-state index is -0.477. The van der Waals surface area contributed by atoms with Crippen molar-refractivity contribution in [2.24, 2.45) is 0 Å². The number of hydrogen-bond donors (Lipinski definition) is 2.